The summed E-state index contributed by atoms with van der Waals surface area (Å²) in [6.45, 7) is 5.33. The van der Waals surface area contributed by atoms with E-state index >= 15 is 0 Å². The molecule has 1 saturated heterocycles. The molecule has 0 bridgehead atoms. The average molecular weight is 284 g/mol. The number of hydrogen-bond donors (Lipinski definition) is 1. The first kappa shape index (κ1) is 13.9. The number of β-amino-alcohol motifs (C(OH)–C–C–N with tert-alkyl or cyclic N) is 1. The zero-order valence-electron chi connectivity index (χ0n) is 12.4. The minimum Gasteiger partial charge on any atom is -0.391 e. The third-order valence-electron chi connectivity index (χ3n) is 4.00. The van der Waals surface area contributed by atoms with E-state index in [1.807, 2.05) is 26.0 Å². The first-order valence-corrected chi connectivity index (χ1v) is 7.25. The Bertz CT molecular complexity index is 617. The number of aromatic nitrogens is 3. The van der Waals surface area contributed by atoms with Crippen LogP contribution in [0.25, 0.3) is 0 Å². The van der Waals surface area contributed by atoms with Crippen molar-refractivity contribution < 1.29 is 5.11 Å². The van der Waals surface area contributed by atoms with Gasteiger partial charge in [0, 0.05) is 37.6 Å². The van der Waals surface area contributed by atoms with Crippen molar-refractivity contribution >= 4 is 5.82 Å². The van der Waals surface area contributed by atoms with Gasteiger partial charge < -0.3 is 10.0 Å². The summed E-state index contributed by atoms with van der Waals surface area (Å²) in [4.78, 5) is 15.1. The molecular weight excluding hydrogens is 264 g/mol. The topological polar surface area (TPSA) is 62.1 Å². The molecule has 3 heterocycles. The molecular formula is C16H20N4O. The monoisotopic (exact) mass is 284 g/mol. The van der Waals surface area contributed by atoms with Gasteiger partial charge in [0.15, 0.2) is 0 Å². The lowest BCUT2D eigenvalue weighted by molar-refractivity contribution is 0.148. The molecule has 0 saturated carbocycles. The molecule has 2 aromatic heterocycles. The zero-order valence-corrected chi connectivity index (χ0v) is 12.4. The lowest BCUT2D eigenvalue weighted by Gasteiger charge is -2.19. The predicted octanol–water partition coefficient (Wildman–Crippen LogP) is 1.53. The Morgan fingerprint density at radius 3 is 2.76 bits per heavy atom. The van der Waals surface area contributed by atoms with Gasteiger partial charge in [-0.2, -0.15) is 0 Å². The van der Waals surface area contributed by atoms with Crippen molar-refractivity contribution in [3.05, 3.63) is 47.7 Å². The van der Waals surface area contributed by atoms with Crippen molar-refractivity contribution in [3.8, 4) is 0 Å². The van der Waals surface area contributed by atoms with Crippen LogP contribution in [0, 0.1) is 19.8 Å². The van der Waals surface area contributed by atoms with Crippen LogP contribution in [0.15, 0.2) is 30.7 Å². The summed E-state index contributed by atoms with van der Waals surface area (Å²) < 4.78 is 0. The predicted molar refractivity (Wildman–Crippen MR) is 81.2 cm³/mol. The summed E-state index contributed by atoms with van der Waals surface area (Å²) in [7, 11) is 0. The first-order valence-electron chi connectivity index (χ1n) is 7.25. The zero-order chi connectivity index (χ0) is 14.8. The number of nitrogens with zero attached hydrogens (tertiary/aromatic N) is 4. The number of aliphatic hydroxyl groups excluding tert-OH is 1. The van der Waals surface area contributed by atoms with E-state index in [-0.39, 0.29) is 12.0 Å². The van der Waals surface area contributed by atoms with Crippen molar-refractivity contribution in [2.24, 2.45) is 5.92 Å². The van der Waals surface area contributed by atoms with Crippen LogP contribution in [0.4, 0.5) is 5.82 Å². The molecule has 0 radical (unpaired) electrons. The molecule has 0 aromatic carbocycles. The molecule has 5 nitrogen and oxygen atoms in total. The van der Waals surface area contributed by atoms with Crippen molar-refractivity contribution in [1.82, 2.24) is 15.0 Å². The van der Waals surface area contributed by atoms with Crippen molar-refractivity contribution in [2.75, 3.05) is 18.0 Å². The van der Waals surface area contributed by atoms with Crippen LogP contribution >= 0.6 is 0 Å². The molecule has 1 N–H and O–H groups in total. The second kappa shape index (κ2) is 5.77. The molecule has 0 amide bonds. The van der Waals surface area contributed by atoms with Crippen molar-refractivity contribution in [3.63, 3.8) is 0 Å². The van der Waals surface area contributed by atoms with Crippen LogP contribution in [-0.4, -0.2) is 39.3 Å². The van der Waals surface area contributed by atoms with E-state index in [1.54, 1.807) is 18.6 Å². The van der Waals surface area contributed by atoms with E-state index in [2.05, 4.69) is 19.9 Å². The van der Waals surface area contributed by atoms with E-state index in [9.17, 15) is 5.11 Å². The van der Waals surface area contributed by atoms with Crippen LogP contribution in [0.3, 0.4) is 0 Å². The molecule has 2 atom stereocenters. The minimum atomic E-state index is -0.333. The number of anilines is 1. The maximum absolute atomic E-state index is 10.3. The van der Waals surface area contributed by atoms with Crippen molar-refractivity contribution in [1.29, 1.82) is 0 Å². The summed E-state index contributed by atoms with van der Waals surface area (Å²) in [5, 5.41) is 10.3. The Balaban J connectivity index is 1.75. The van der Waals surface area contributed by atoms with Crippen LogP contribution in [0.5, 0.6) is 0 Å². The summed E-state index contributed by atoms with van der Waals surface area (Å²) in [5.41, 5.74) is 3.03. The maximum Gasteiger partial charge on any atom is 0.150 e. The maximum atomic E-state index is 10.3. The lowest BCUT2D eigenvalue weighted by atomic mass is 9.97. The van der Waals surface area contributed by atoms with E-state index < -0.39 is 0 Å². The summed E-state index contributed by atoms with van der Waals surface area (Å²) in [6.07, 6.45) is 5.90. The van der Waals surface area contributed by atoms with E-state index in [0.717, 1.165) is 30.2 Å². The smallest absolute Gasteiger partial charge is 0.150 e. The molecule has 1 fully saturated rings. The second-order valence-corrected chi connectivity index (χ2v) is 5.71. The van der Waals surface area contributed by atoms with E-state index in [0.29, 0.717) is 6.54 Å². The van der Waals surface area contributed by atoms with Crippen LogP contribution in [-0.2, 0) is 6.42 Å². The summed E-state index contributed by atoms with van der Waals surface area (Å²) in [6, 6.07) is 4.01. The van der Waals surface area contributed by atoms with Crippen LogP contribution in [0.2, 0.25) is 0 Å². The molecule has 0 aliphatic carbocycles. The number of pyridine rings is 1. The minimum absolute atomic E-state index is 0.217. The Labute approximate surface area is 124 Å². The highest BCUT2D eigenvalue weighted by Gasteiger charge is 2.32. The van der Waals surface area contributed by atoms with Gasteiger partial charge in [0.25, 0.3) is 0 Å². The van der Waals surface area contributed by atoms with Crippen LogP contribution in [0.1, 0.15) is 17.0 Å². The molecule has 21 heavy (non-hydrogen) atoms. The SMILES string of the molecule is Cc1cnc(C)c(N2C[C@@H](Cc3ccncc3)[C@@H](O)C2)n1. The second-order valence-electron chi connectivity index (χ2n) is 5.71. The average Bonchev–Trinajstić information content (AvgIpc) is 2.84. The molecule has 3 rings (SSSR count). The fourth-order valence-corrected chi connectivity index (χ4v) is 2.87. The van der Waals surface area contributed by atoms with Gasteiger partial charge in [-0.25, -0.2) is 4.98 Å². The molecule has 0 spiro atoms. The fraction of sp³-hybridized carbons (Fsp3) is 0.438. The molecule has 2 aromatic rings. The molecule has 0 unspecified atom stereocenters. The van der Waals surface area contributed by atoms with Crippen molar-refractivity contribution in [2.45, 2.75) is 26.4 Å². The summed E-state index contributed by atoms with van der Waals surface area (Å²) in [5.74, 6) is 1.11. The van der Waals surface area contributed by atoms with E-state index in [4.69, 9.17) is 0 Å². The standard InChI is InChI=1S/C16H20N4O/c1-11-8-18-12(2)16(19-11)20-9-14(15(21)10-20)7-13-3-5-17-6-4-13/h3-6,8,14-15,21H,7,9-10H2,1-2H3/t14-,15+/m1/s1. The fourth-order valence-electron chi connectivity index (χ4n) is 2.87. The Kier molecular flexibility index (Phi) is 3.84. The third kappa shape index (κ3) is 3.03. The quantitative estimate of drug-likeness (QED) is 0.926. The highest BCUT2D eigenvalue weighted by atomic mass is 16.3. The van der Waals surface area contributed by atoms with E-state index in [1.165, 1.54) is 5.56 Å². The van der Waals surface area contributed by atoms with Gasteiger partial charge in [0.2, 0.25) is 0 Å². The number of aliphatic hydroxyl groups is 1. The lowest BCUT2D eigenvalue weighted by Crippen LogP contribution is -2.23. The Morgan fingerprint density at radius 1 is 1.24 bits per heavy atom. The molecule has 1 aliphatic rings. The largest absolute Gasteiger partial charge is 0.391 e. The summed E-state index contributed by atoms with van der Waals surface area (Å²) >= 11 is 0. The first-order chi connectivity index (χ1) is 10.1. The van der Waals surface area contributed by atoms with Gasteiger partial charge in [-0.05, 0) is 38.0 Å². The highest BCUT2D eigenvalue weighted by molar-refractivity contribution is 5.45. The highest BCUT2D eigenvalue weighted by Crippen LogP contribution is 2.26. The van der Waals surface area contributed by atoms with Gasteiger partial charge in [0.05, 0.1) is 17.5 Å². The van der Waals surface area contributed by atoms with Gasteiger partial charge in [-0.3, -0.25) is 9.97 Å². The third-order valence-corrected chi connectivity index (χ3v) is 4.00. The van der Waals surface area contributed by atoms with Gasteiger partial charge in [0.1, 0.15) is 5.82 Å². The van der Waals surface area contributed by atoms with Crippen LogP contribution < -0.4 is 4.90 Å². The molecule has 1 aliphatic heterocycles. The van der Waals surface area contributed by atoms with Gasteiger partial charge in [-0.15, -0.1) is 0 Å². The van der Waals surface area contributed by atoms with Gasteiger partial charge in [-0.1, -0.05) is 0 Å². The number of rotatable bonds is 3. The number of hydrogen-bond acceptors (Lipinski definition) is 5. The Hall–Kier alpha value is -2.01. The molecule has 110 valence electrons. The number of aryl methyl sites for hydroxylation is 2. The Morgan fingerprint density at radius 2 is 2.00 bits per heavy atom. The normalized spacial score (nSPS) is 21.8. The molecule has 5 heteroatoms. The van der Waals surface area contributed by atoms with Gasteiger partial charge >= 0.3 is 0 Å².